The second-order valence-electron chi connectivity index (χ2n) is 9.63. The molecule has 3 aromatic rings. The summed E-state index contributed by atoms with van der Waals surface area (Å²) in [5, 5.41) is 0.589. The Morgan fingerprint density at radius 3 is 2.50 bits per heavy atom. The van der Waals surface area contributed by atoms with E-state index in [0.717, 1.165) is 11.1 Å². The molecule has 5 rings (SSSR count). The van der Waals surface area contributed by atoms with Crippen molar-refractivity contribution in [1.29, 1.82) is 0 Å². The zero-order valence-corrected chi connectivity index (χ0v) is 21.3. The van der Waals surface area contributed by atoms with Crippen LogP contribution in [0.4, 0.5) is 10.2 Å². The first kappa shape index (κ1) is 26.5. The van der Waals surface area contributed by atoms with E-state index in [1.807, 2.05) is 18.7 Å². The number of rotatable bonds is 5. The Morgan fingerprint density at radius 1 is 1.11 bits per heavy atom. The fraction of sp³-hybridized carbons (Fsp3) is 0.458. The number of anilines is 1. The van der Waals surface area contributed by atoms with Crippen LogP contribution >= 0.6 is 0 Å². The Bertz CT molecular complexity index is 1450. The van der Waals surface area contributed by atoms with Gasteiger partial charge in [-0.25, -0.2) is 9.37 Å². The highest BCUT2D eigenvalue weighted by molar-refractivity contribution is 6.53. The molecule has 1 fully saturated rings. The zero-order valence-electron chi connectivity index (χ0n) is 21.3. The van der Waals surface area contributed by atoms with E-state index in [1.165, 1.54) is 29.8 Å². The summed E-state index contributed by atoms with van der Waals surface area (Å²) in [6.07, 6.45) is -1.72. The van der Waals surface area contributed by atoms with Crippen molar-refractivity contribution in [3.05, 3.63) is 51.4 Å². The molecule has 1 aromatic carbocycles. The normalized spacial score (nSPS) is 21.8. The Hall–Kier alpha value is -3.14. The average Bonchev–Trinajstić information content (AvgIpc) is 2.84. The molecule has 2 aliphatic rings. The summed E-state index contributed by atoms with van der Waals surface area (Å²) in [5.74, 6) is 1.26. The lowest BCUT2D eigenvalue weighted by atomic mass is 9.41. The van der Waals surface area contributed by atoms with Crippen molar-refractivity contribution in [3.8, 4) is 17.2 Å². The predicted octanol–water partition coefficient (Wildman–Crippen LogP) is 0.601. The van der Waals surface area contributed by atoms with E-state index in [9.17, 15) is 4.79 Å². The predicted molar refractivity (Wildman–Crippen MR) is 142 cm³/mol. The number of aryl methyl sites for hydroxylation is 1. The number of hydrogen-bond donors (Lipinski definition) is 0. The summed E-state index contributed by atoms with van der Waals surface area (Å²) in [7, 11) is 24.7. The molecule has 2 aliphatic heterocycles. The molecule has 0 spiro atoms. The molecule has 4 heterocycles. The number of piperidine rings is 1. The van der Waals surface area contributed by atoms with Crippen LogP contribution in [0.5, 0.6) is 17.2 Å². The van der Waals surface area contributed by atoms with Gasteiger partial charge in [-0.3, -0.25) is 4.79 Å². The largest absolute Gasteiger partial charge is 0.501 e. The summed E-state index contributed by atoms with van der Waals surface area (Å²) in [4.78, 5) is 19.0. The van der Waals surface area contributed by atoms with Crippen LogP contribution < -0.4 is 24.7 Å². The zero-order chi connectivity index (χ0) is 27.4. The second-order valence-corrected chi connectivity index (χ2v) is 9.63. The Balaban J connectivity index is 1.34. The van der Waals surface area contributed by atoms with E-state index in [4.69, 9.17) is 50.3 Å². The van der Waals surface area contributed by atoms with E-state index >= 15 is 4.39 Å². The van der Waals surface area contributed by atoms with Gasteiger partial charge in [0, 0.05) is 54.1 Å². The van der Waals surface area contributed by atoms with Gasteiger partial charge in [0.1, 0.15) is 43.2 Å². The number of benzene rings is 1. The Morgan fingerprint density at radius 2 is 1.82 bits per heavy atom. The summed E-state index contributed by atoms with van der Waals surface area (Å²) in [6.45, 7) is 4.43. The maximum Gasteiger partial charge on any atom is 0.274 e. The van der Waals surface area contributed by atoms with Gasteiger partial charge >= 0.3 is 0 Å². The van der Waals surface area contributed by atoms with Crippen LogP contribution in [-0.2, 0) is 11.3 Å². The van der Waals surface area contributed by atoms with Crippen LogP contribution in [0.1, 0.15) is 23.2 Å². The number of halogens is 1. The van der Waals surface area contributed by atoms with Gasteiger partial charge in [0.2, 0.25) is 0 Å². The van der Waals surface area contributed by atoms with Gasteiger partial charge in [-0.1, -0.05) is 0 Å². The summed E-state index contributed by atoms with van der Waals surface area (Å²) in [5.41, 5.74) is 2.22. The quantitative estimate of drug-likeness (QED) is 0.462. The lowest BCUT2D eigenvalue weighted by molar-refractivity contribution is 0.0587. The molecule has 0 saturated carbocycles. The van der Waals surface area contributed by atoms with Crippen molar-refractivity contribution in [2.24, 2.45) is 0 Å². The smallest absolute Gasteiger partial charge is 0.274 e. The van der Waals surface area contributed by atoms with Crippen LogP contribution in [-0.4, -0.2) is 89.3 Å². The minimum absolute atomic E-state index is 0.0233. The van der Waals surface area contributed by atoms with Gasteiger partial charge in [0.05, 0.1) is 18.8 Å². The van der Waals surface area contributed by atoms with Gasteiger partial charge < -0.3 is 23.8 Å². The molecule has 8 radical (unpaired) electrons. The summed E-state index contributed by atoms with van der Waals surface area (Å²) in [6, 6.07) is 6.00. The fourth-order valence-electron chi connectivity index (χ4n) is 4.52. The molecule has 38 heavy (non-hydrogen) atoms. The van der Waals surface area contributed by atoms with E-state index in [-0.39, 0.29) is 30.2 Å². The van der Waals surface area contributed by atoms with Crippen molar-refractivity contribution in [2.75, 3.05) is 25.1 Å². The standard InChI is InChI=1S/C24H23B4FN4O5/c1-12-13(2)22(31-33-20(34)8-14(11-35-3)30-21(12)33)32-7-6-17(16(29)10-32)36-15-4-5-18-19(9-15)38-24(27,28)23(25,26)37-18/h4-5,8-9,16-17H,6-7,10-11H2,1-3H3/t16-,17+/m1/s1. The molecule has 2 aromatic heterocycles. The fourth-order valence-corrected chi connectivity index (χ4v) is 4.52. The summed E-state index contributed by atoms with van der Waals surface area (Å²) < 4.78 is 38.6. The topological polar surface area (TPSA) is 87.4 Å². The van der Waals surface area contributed by atoms with Crippen molar-refractivity contribution in [2.45, 2.75) is 50.0 Å². The maximum atomic E-state index is 15.4. The number of fused-ring (bicyclic) bond motifs is 2. The van der Waals surface area contributed by atoms with Gasteiger partial charge in [-0.2, -0.15) is 4.52 Å². The van der Waals surface area contributed by atoms with E-state index in [2.05, 4.69) is 10.1 Å². The van der Waals surface area contributed by atoms with Crippen LogP contribution in [0.3, 0.4) is 0 Å². The molecule has 14 heteroatoms. The second kappa shape index (κ2) is 9.55. The molecule has 0 unspecified atom stereocenters. The monoisotopic (exact) mass is 510 g/mol. The number of alkyl halides is 1. The third kappa shape index (κ3) is 4.63. The van der Waals surface area contributed by atoms with E-state index in [1.54, 1.807) is 6.07 Å². The molecule has 2 atom stereocenters. The van der Waals surface area contributed by atoms with Crippen LogP contribution in [0.15, 0.2) is 29.1 Å². The number of nitrogens with zero attached hydrogens (tertiary/aromatic N) is 4. The molecule has 9 nitrogen and oxygen atoms in total. The van der Waals surface area contributed by atoms with Crippen LogP contribution in [0.2, 0.25) is 0 Å². The maximum absolute atomic E-state index is 15.4. The highest BCUT2D eigenvalue weighted by Crippen LogP contribution is 2.41. The molecule has 0 aliphatic carbocycles. The van der Waals surface area contributed by atoms with Gasteiger partial charge in [-0.05, 0) is 26.0 Å². The number of aromatic nitrogens is 3. The number of hydrogen-bond acceptors (Lipinski definition) is 8. The molecule has 188 valence electrons. The lowest BCUT2D eigenvalue weighted by Gasteiger charge is -2.48. The van der Waals surface area contributed by atoms with Gasteiger partial charge in [-0.15, -0.1) is 5.10 Å². The van der Waals surface area contributed by atoms with Crippen LogP contribution in [0.25, 0.3) is 5.65 Å². The van der Waals surface area contributed by atoms with Crippen molar-refractivity contribution in [3.63, 3.8) is 0 Å². The Labute approximate surface area is 224 Å². The minimum Gasteiger partial charge on any atom is -0.501 e. The SMILES string of the molecule is [B]C1([B])Oc2ccc(O[C@H]3CCN(c4nn5c(=O)cc(COC)nc5c(C)c4C)C[C@H]3F)cc2OC1([B])[B]. The third-order valence-electron chi connectivity index (χ3n) is 6.82. The molecular formula is C24H23B4FN4O5. The minimum atomic E-state index is -1.99. The molecule has 1 saturated heterocycles. The first-order valence-electron chi connectivity index (χ1n) is 12.0. The van der Waals surface area contributed by atoms with Gasteiger partial charge in [0.25, 0.3) is 5.56 Å². The van der Waals surface area contributed by atoms with E-state index < -0.39 is 23.1 Å². The Kier molecular flexibility index (Phi) is 6.65. The van der Waals surface area contributed by atoms with Crippen molar-refractivity contribution < 1.29 is 23.3 Å². The van der Waals surface area contributed by atoms with Crippen LogP contribution in [0, 0.1) is 13.8 Å². The summed E-state index contributed by atoms with van der Waals surface area (Å²) >= 11 is 0. The van der Waals surface area contributed by atoms with Crippen molar-refractivity contribution in [1.82, 2.24) is 14.6 Å². The molecule has 0 amide bonds. The molecular weight excluding hydrogens is 487 g/mol. The van der Waals surface area contributed by atoms with Crippen molar-refractivity contribution >= 4 is 42.9 Å². The lowest BCUT2D eigenvalue weighted by Crippen LogP contribution is -2.65. The molecule has 0 bridgehead atoms. The highest BCUT2D eigenvalue weighted by atomic mass is 19.1. The number of ether oxygens (including phenoxy) is 4. The highest BCUT2D eigenvalue weighted by Gasteiger charge is 2.43. The van der Waals surface area contributed by atoms with E-state index in [0.29, 0.717) is 35.9 Å². The first-order valence-corrected chi connectivity index (χ1v) is 12.0. The third-order valence-corrected chi connectivity index (χ3v) is 6.82. The number of methoxy groups -OCH3 is 1. The van der Waals surface area contributed by atoms with Gasteiger partial charge in [0.15, 0.2) is 29.1 Å². The molecule has 0 N–H and O–H groups in total. The first-order chi connectivity index (χ1) is 17.9. The average molecular weight is 510 g/mol.